The number of ketones is 1. The van der Waals surface area contributed by atoms with E-state index in [0.717, 1.165) is 5.57 Å². The third-order valence-electron chi connectivity index (χ3n) is 1.62. The minimum atomic E-state index is -0.866. The highest BCUT2D eigenvalue weighted by molar-refractivity contribution is 6.00. The topological polar surface area (TPSA) is 46.5 Å². The number of Topliss-reactive ketones (excluding diaryl/α,β-unsaturated/α-hetero) is 1. The lowest BCUT2D eigenvalue weighted by molar-refractivity contribution is -0.124. The molecule has 0 aromatic carbocycles. The Morgan fingerprint density at radius 2 is 2.30 bits per heavy atom. The average Bonchev–Trinajstić information content (AvgIpc) is 2.09. The number of carbonyl (C=O) groups excluding carboxylic acids is 1. The highest BCUT2D eigenvalue weighted by Crippen LogP contribution is 2.22. The molecular formula is C7H10O3. The van der Waals surface area contributed by atoms with Gasteiger partial charge < -0.3 is 9.84 Å². The van der Waals surface area contributed by atoms with Crippen LogP contribution in [0.5, 0.6) is 0 Å². The summed E-state index contributed by atoms with van der Waals surface area (Å²) >= 11 is 0. The summed E-state index contributed by atoms with van der Waals surface area (Å²) in [7, 11) is 1.44. The van der Waals surface area contributed by atoms with Crippen molar-refractivity contribution in [3.8, 4) is 0 Å². The van der Waals surface area contributed by atoms with Crippen LogP contribution in [0, 0.1) is 0 Å². The highest BCUT2D eigenvalue weighted by Gasteiger charge is 2.29. The summed E-state index contributed by atoms with van der Waals surface area (Å²) < 4.78 is 4.78. The lowest BCUT2D eigenvalue weighted by Crippen LogP contribution is -2.15. The van der Waals surface area contributed by atoms with Gasteiger partial charge in [0.25, 0.3) is 0 Å². The van der Waals surface area contributed by atoms with Crippen molar-refractivity contribution in [2.45, 2.75) is 19.4 Å². The maximum absolute atomic E-state index is 10.9. The van der Waals surface area contributed by atoms with Crippen molar-refractivity contribution >= 4 is 5.78 Å². The summed E-state index contributed by atoms with van der Waals surface area (Å²) in [6.45, 7) is 1.78. The molecule has 1 unspecified atom stereocenters. The van der Waals surface area contributed by atoms with E-state index in [-0.39, 0.29) is 5.78 Å². The number of carbonyl (C=O) groups is 1. The SMILES string of the molecule is COC1=C(C)CC(O)C1=O. The molecule has 0 saturated carbocycles. The number of hydrogen-bond acceptors (Lipinski definition) is 3. The third kappa shape index (κ3) is 0.926. The van der Waals surface area contributed by atoms with Crippen molar-refractivity contribution in [2.24, 2.45) is 0 Å². The molecule has 1 atom stereocenters. The Balaban J connectivity index is 2.85. The van der Waals surface area contributed by atoms with E-state index in [1.54, 1.807) is 6.92 Å². The van der Waals surface area contributed by atoms with Gasteiger partial charge in [-0.05, 0) is 12.5 Å². The molecule has 0 bridgehead atoms. The van der Waals surface area contributed by atoms with E-state index >= 15 is 0 Å². The van der Waals surface area contributed by atoms with E-state index in [4.69, 9.17) is 9.84 Å². The molecule has 0 fully saturated rings. The van der Waals surface area contributed by atoms with E-state index in [9.17, 15) is 4.79 Å². The molecule has 1 aliphatic carbocycles. The van der Waals surface area contributed by atoms with Crippen LogP contribution in [0.15, 0.2) is 11.3 Å². The number of methoxy groups -OCH3 is 1. The second-order valence-electron chi connectivity index (χ2n) is 2.40. The summed E-state index contributed by atoms with van der Waals surface area (Å²) in [6.07, 6.45) is -0.447. The molecule has 0 aliphatic heterocycles. The molecule has 0 aromatic heterocycles. The van der Waals surface area contributed by atoms with Crippen LogP contribution in [0.1, 0.15) is 13.3 Å². The molecule has 1 N–H and O–H groups in total. The number of ether oxygens (including phenoxy) is 1. The van der Waals surface area contributed by atoms with Crippen LogP contribution in [0.4, 0.5) is 0 Å². The molecule has 0 heterocycles. The van der Waals surface area contributed by atoms with E-state index < -0.39 is 6.10 Å². The van der Waals surface area contributed by atoms with Crippen LogP contribution in [0.25, 0.3) is 0 Å². The van der Waals surface area contributed by atoms with Gasteiger partial charge in [0.05, 0.1) is 7.11 Å². The standard InChI is InChI=1S/C7H10O3/c1-4-3-5(8)6(9)7(4)10-2/h5,8H,3H2,1-2H3. The molecule has 0 amide bonds. The summed E-state index contributed by atoms with van der Waals surface area (Å²) in [4.78, 5) is 10.9. The Labute approximate surface area is 59.3 Å². The second kappa shape index (κ2) is 2.42. The van der Waals surface area contributed by atoms with Gasteiger partial charge in [0.15, 0.2) is 5.76 Å². The molecule has 0 radical (unpaired) electrons. The number of aliphatic hydroxyl groups is 1. The summed E-state index contributed by atoms with van der Waals surface area (Å²) in [6, 6.07) is 0. The Bertz CT molecular complexity index is 193. The fourth-order valence-electron chi connectivity index (χ4n) is 1.11. The van der Waals surface area contributed by atoms with Crippen LogP contribution in [-0.2, 0) is 9.53 Å². The molecule has 3 nitrogen and oxygen atoms in total. The van der Waals surface area contributed by atoms with Gasteiger partial charge in [0, 0.05) is 6.42 Å². The summed E-state index contributed by atoms with van der Waals surface area (Å²) in [5, 5.41) is 9.00. The van der Waals surface area contributed by atoms with E-state index in [1.165, 1.54) is 7.11 Å². The van der Waals surface area contributed by atoms with Gasteiger partial charge in [-0.3, -0.25) is 4.79 Å². The zero-order valence-electron chi connectivity index (χ0n) is 6.05. The van der Waals surface area contributed by atoms with Crippen LogP contribution in [0.2, 0.25) is 0 Å². The minimum Gasteiger partial charge on any atom is -0.493 e. The molecule has 1 rings (SSSR count). The monoisotopic (exact) mass is 142 g/mol. The molecule has 1 aliphatic rings. The molecule has 3 heteroatoms. The molecule has 0 spiro atoms. The van der Waals surface area contributed by atoms with Crippen LogP contribution in [-0.4, -0.2) is 24.1 Å². The molecule has 56 valence electrons. The first-order valence-electron chi connectivity index (χ1n) is 3.13. The maximum Gasteiger partial charge on any atom is 0.225 e. The Hall–Kier alpha value is -0.830. The number of rotatable bonds is 1. The minimum absolute atomic E-state index is 0.292. The van der Waals surface area contributed by atoms with Crippen molar-refractivity contribution in [2.75, 3.05) is 7.11 Å². The first-order valence-corrected chi connectivity index (χ1v) is 3.13. The smallest absolute Gasteiger partial charge is 0.225 e. The Morgan fingerprint density at radius 3 is 2.50 bits per heavy atom. The van der Waals surface area contributed by atoms with Gasteiger partial charge in [-0.15, -0.1) is 0 Å². The van der Waals surface area contributed by atoms with Gasteiger partial charge >= 0.3 is 0 Å². The molecule has 10 heavy (non-hydrogen) atoms. The van der Waals surface area contributed by atoms with E-state index in [0.29, 0.717) is 12.2 Å². The maximum atomic E-state index is 10.9. The van der Waals surface area contributed by atoms with Crippen molar-refractivity contribution in [3.63, 3.8) is 0 Å². The number of hydrogen-bond donors (Lipinski definition) is 1. The van der Waals surface area contributed by atoms with Gasteiger partial charge in [0.2, 0.25) is 5.78 Å². The van der Waals surface area contributed by atoms with Crippen molar-refractivity contribution in [1.82, 2.24) is 0 Å². The van der Waals surface area contributed by atoms with E-state index in [1.807, 2.05) is 0 Å². The predicted molar refractivity (Wildman–Crippen MR) is 35.3 cm³/mol. The quantitative estimate of drug-likeness (QED) is 0.570. The van der Waals surface area contributed by atoms with Crippen molar-refractivity contribution in [3.05, 3.63) is 11.3 Å². The van der Waals surface area contributed by atoms with Crippen LogP contribution >= 0.6 is 0 Å². The zero-order valence-corrected chi connectivity index (χ0v) is 6.05. The summed E-state index contributed by atoms with van der Waals surface area (Å²) in [5.74, 6) is 0.0347. The van der Waals surface area contributed by atoms with Gasteiger partial charge in [-0.25, -0.2) is 0 Å². The van der Waals surface area contributed by atoms with E-state index in [2.05, 4.69) is 0 Å². The average molecular weight is 142 g/mol. The Kier molecular flexibility index (Phi) is 1.76. The summed E-state index contributed by atoms with van der Waals surface area (Å²) in [5.41, 5.74) is 0.833. The molecule has 0 aromatic rings. The molecular weight excluding hydrogens is 132 g/mol. The lowest BCUT2D eigenvalue weighted by atomic mass is 10.2. The fourth-order valence-corrected chi connectivity index (χ4v) is 1.11. The lowest BCUT2D eigenvalue weighted by Gasteiger charge is -1.99. The van der Waals surface area contributed by atoms with Gasteiger partial charge in [-0.2, -0.15) is 0 Å². The molecule has 0 saturated heterocycles. The van der Waals surface area contributed by atoms with Crippen LogP contribution < -0.4 is 0 Å². The fraction of sp³-hybridized carbons (Fsp3) is 0.571. The van der Waals surface area contributed by atoms with Crippen LogP contribution in [0.3, 0.4) is 0 Å². The third-order valence-corrected chi connectivity index (χ3v) is 1.62. The normalized spacial score (nSPS) is 25.9. The van der Waals surface area contributed by atoms with Gasteiger partial charge in [-0.1, -0.05) is 0 Å². The predicted octanol–water partition coefficient (Wildman–Crippen LogP) is 0.240. The second-order valence-corrected chi connectivity index (χ2v) is 2.40. The first-order chi connectivity index (χ1) is 4.66. The van der Waals surface area contributed by atoms with Crippen molar-refractivity contribution in [1.29, 1.82) is 0 Å². The van der Waals surface area contributed by atoms with Crippen molar-refractivity contribution < 1.29 is 14.6 Å². The zero-order chi connectivity index (χ0) is 7.72. The highest BCUT2D eigenvalue weighted by atomic mass is 16.5. The number of aliphatic hydroxyl groups excluding tert-OH is 1. The Morgan fingerprint density at radius 1 is 1.70 bits per heavy atom. The first kappa shape index (κ1) is 7.28. The largest absolute Gasteiger partial charge is 0.493 e. The van der Waals surface area contributed by atoms with Gasteiger partial charge in [0.1, 0.15) is 6.10 Å².